The number of rotatable bonds is 5. The molecule has 4 N–H and O–H groups in total. The van der Waals surface area contributed by atoms with Crippen molar-refractivity contribution in [1.82, 2.24) is 10.3 Å². The number of primary amides is 1. The van der Waals surface area contributed by atoms with Gasteiger partial charge in [0, 0.05) is 12.4 Å². The third-order valence-corrected chi connectivity index (χ3v) is 3.10. The van der Waals surface area contributed by atoms with Crippen molar-refractivity contribution in [3.63, 3.8) is 0 Å². The number of aromatic nitrogens is 1. The SMILES string of the molecule is CC[C@H](C)[C@H](NC(=O)OC(C)(C)C)C(=O)O.NC(=O)c1cccnc1. The summed E-state index contributed by atoms with van der Waals surface area (Å²) in [5, 5.41) is 11.3. The molecule has 1 aromatic rings. The molecule has 0 fully saturated rings. The third kappa shape index (κ3) is 9.95. The molecular weight excluding hydrogens is 326 g/mol. The number of carboxylic acids is 1. The average molecular weight is 353 g/mol. The quantitative estimate of drug-likeness (QED) is 0.743. The number of pyridine rings is 1. The number of alkyl carbamates (subject to hydrolysis) is 1. The molecule has 2 atom stereocenters. The summed E-state index contributed by atoms with van der Waals surface area (Å²) in [5.41, 5.74) is 4.75. The summed E-state index contributed by atoms with van der Waals surface area (Å²) in [6.45, 7) is 8.83. The van der Waals surface area contributed by atoms with E-state index in [1.54, 1.807) is 46.0 Å². The zero-order valence-electron chi connectivity index (χ0n) is 15.3. The summed E-state index contributed by atoms with van der Waals surface area (Å²) in [6.07, 6.45) is 3.00. The topological polar surface area (TPSA) is 132 Å². The Kier molecular flexibility index (Phi) is 9.19. The summed E-state index contributed by atoms with van der Waals surface area (Å²) in [4.78, 5) is 36.4. The second-order valence-corrected chi connectivity index (χ2v) is 6.45. The Morgan fingerprint density at radius 2 is 1.96 bits per heavy atom. The molecule has 0 saturated heterocycles. The molecule has 1 rings (SSSR count). The molecule has 2 amide bonds. The van der Waals surface area contributed by atoms with E-state index in [0.717, 1.165) is 0 Å². The van der Waals surface area contributed by atoms with E-state index in [1.165, 1.54) is 6.20 Å². The van der Waals surface area contributed by atoms with Gasteiger partial charge in [-0.3, -0.25) is 9.78 Å². The number of hydrogen-bond donors (Lipinski definition) is 3. The van der Waals surface area contributed by atoms with Crippen LogP contribution in [0.1, 0.15) is 51.4 Å². The Balaban J connectivity index is 0.000000535. The second-order valence-electron chi connectivity index (χ2n) is 6.45. The van der Waals surface area contributed by atoms with E-state index in [0.29, 0.717) is 12.0 Å². The maximum Gasteiger partial charge on any atom is 0.408 e. The maximum atomic E-state index is 11.4. The van der Waals surface area contributed by atoms with Gasteiger partial charge in [0.15, 0.2) is 0 Å². The van der Waals surface area contributed by atoms with E-state index < -0.39 is 29.6 Å². The first-order valence-electron chi connectivity index (χ1n) is 7.90. The van der Waals surface area contributed by atoms with Gasteiger partial charge < -0.3 is 20.9 Å². The monoisotopic (exact) mass is 353 g/mol. The number of amides is 2. The van der Waals surface area contributed by atoms with Crippen molar-refractivity contribution in [1.29, 1.82) is 0 Å². The number of carbonyl (C=O) groups is 3. The van der Waals surface area contributed by atoms with Crippen LogP contribution in [-0.2, 0) is 9.53 Å². The molecule has 0 saturated carbocycles. The number of carbonyl (C=O) groups excluding carboxylic acids is 2. The summed E-state index contributed by atoms with van der Waals surface area (Å²) in [7, 11) is 0. The number of hydrogen-bond acceptors (Lipinski definition) is 5. The summed E-state index contributed by atoms with van der Waals surface area (Å²) < 4.78 is 5.00. The Bertz CT molecular complexity index is 569. The number of carboxylic acid groups (broad SMARTS) is 1. The number of nitrogens with one attached hydrogen (secondary N) is 1. The molecule has 0 aromatic carbocycles. The van der Waals surface area contributed by atoms with Crippen LogP contribution in [0.15, 0.2) is 24.5 Å². The van der Waals surface area contributed by atoms with Gasteiger partial charge in [0.05, 0.1) is 5.56 Å². The number of nitrogens with zero attached hydrogens (tertiary/aromatic N) is 1. The van der Waals surface area contributed by atoms with Crippen LogP contribution in [0.25, 0.3) is 0 Å². The minimum absolute atomic E-state index is 0.134. The molecule has 0 spiro atoms. The number of nitrogens with two attached hydrogens (primary N) is 1. The molecule has 0 radical (unpaired) electrons. The zero-order chi connectivity index (χ0) is 19.6. The molecule has 0 aliphatic heterocycles. The highest BCUT2D eigenvalue weighted by molar-refractivity contribution is 5.92. The third-order valence-electron chi connectivity index (χ3n) is 3.10. The standard InChI is InChI=1S/C11H21NO4.C6H6N2O/c1-6-7(2)8(9(13)14)12-10(15)16-11(3,4)5;7-6(9)5-2-1-3-8-4-5/h7-8H,6H2,1-5H3,(H,12,15)(H,13,14);1-4H,(H2,7,9)/t7-,8-;/m0./s1. The van der Waals surface area contributed by atoms with Crippen LogP contribution in [-0.4, -0.2) is 39.7 Å². The summed E-state index contributed by atoms with van der Waals surface area (Å²) in [6, 6.07) is 2.38. The number of aliphatic carboxylic acids is 1. The number of ether oxygens (including phenoxy) is 1. The Labute approximate surface area is 147 Å². The molecule has 1 heterocycles. The first kappa shape index (κ1) is 22.4. The van der Waals surface area contributed by atoms with E-state index in [9.17, 15) is 14.4 Å². The lowest BCUT2D eigenvalue weighted by Gasteiger charge is -2.24. The van der Waals surface area contributed by atoms with Crippen LogP contribution in [0, 0.1) is 5.92 Å². The van der Waals surface area contributed by atoms with Crippen LogP contribution >= 0.6 is 0 Å². The van der Waals surface area contributed by atoms with Crippen molar-refractivity contribution >= 4 is 18.0 Å². The lowest BCUT2D eigenvalue weighted by Crippen LogP contribution is -2.46. The molecule has 0 bridgehead atoms. The van der Waals surface area contributed by atoms with E-state index in [4.69, 9.17) is 15.6 Å². The molecule has 0 aliphatic carbocycles. The molecule has 1 aromatic heterocycles. The van der Waals surface area contributed by atoms with Gasteiger partial charge in [-0.1, -0.05) is 20.3 Å². The van der Waals surface area contributed by atoms with Gasteiger partial charge in [-0.25, -0.2) is 9.59 Å². The maximum absolute atomic E-state index is 11.4. The van der Waals surface area contributed by atoms with E-state index in [1.807, 2.05) is 6.92 Å². The predicted octanol–water partition coefficient (Wildman–Crippen LogP) is 2.19. The van der Waals surface area contributed by atoms with Gasteiger partial charge in [-0.15, -0.1) is 0 Å². The molecular formula is C17H27N3O5. The predicted molar refractivity (Wildman–Crippen MR) is 93.0 cm³/mol. The van der Waals surface area contributed by atoms with Crippen molar-refractivity contribution in [2.75, 3.05) is 0 Å². The first-order valence-corrected chi connectivity index (χ1v) is 7.90. The zero-order valence-corrected chi connectivity index (χ0v) is 15.3. The molecule has 0 unspecified atom stereocenters. The van der Waals surface area contributed by atoms with Gasteiger partial charge in [0.1, 0.15) is 11.6 Å². The van der Waals surface area contributed by atoms with Gasteiger partial charge in [0.2, 0.25) is 5.91 Å². The van der Waals surface area contributed by atoms with Gasteiger partial charge in [-0.2, -0.15) is 0 Å². The van der Waals surface area contributed by atoms with Crippen molar-refractivity contribution < 1.29 is 24.2 Å². The molecule has 0 aliphatic rings. The van der Waals surface area contributed by atoms with Crippen LogP contribution in [0.4, 0.5) is 4.79 Å². The largest absolute Gasteiger partial charge is 0.480 e. The van der Waals surface area contributed by atoms with E-state index >= 15 is 0 Å². The summed E-state index contributed by atoms with van der Waals surface area (Å²) in [5.74, 6) is -1.62. The van der Waals surface area contributed by atoms with Crippen molar-refractivity contribution in [2.24, 2.45) is 11.7 Å². The Morgan fingerprint density at radius 3 is 2.28 bits per heavy atom. The minimum atomic E-state index is -1.04. The van der Waals surface area contributed by atoms with E-state index in [2.05, 4.69) is 10.3 Å². The first-order chi connectivity index (χ1) is 11.5. The average Bonchev–Trinajstić information content (AvgIpc) is 2.51. The molecule has 25 heavy (non-hydrogen) atoms. The van der Waals surface area contributed by atoms with E-state index in [-0.39, 0.29) is 5.92 Å². The highest BCUT2D eigenvalue weighted by atomic mass is 16.6. The Hall–Kier alpha value is -2.64. The van der Waals surface area contributed by atoms with Crippen LogP contribution in [0.2, 0.25) is 0 Å². The van der Waals surface area contributed by atoms with Crippen LogP contribution < -0.4 is 11.1 Å². The summed E-state index contributed by atoms with van der Waals surface area (Å²) >= 11 is 0. The Morgan fingerprint density at radius 1 is 1.36 bits per heavy atom. The molecule has 140 valence electrons. The fraction of sp³-hybridized carbons (Fsp3) is 0.529. The second kappa shape index (κ2) is 10.3. The van der Waals surface area contributed by atoms with Crippen LogP contribution in [0.3, 0.4) is 0 Å². The fourth-order valence-corrected chi connectivity index (χ4v) is 1.63. The van der Waals surface area contributed by atoms with Crippen molar-refractivity contribution in [3.8, 4) is 0 Å². The smallest absolute Gasteiger partial charge is 0.408 e. The van der Waals surface area contributed by atoms with Gasteiger partial charge in [0.25, 0.3) is 0 Å². The fourth-order valence-electron chi connectivity index (χ4n) is 1.63. The molecule has 8 heteroatoms. The minimum Gasteiger partial charge on any atom is -0.480 e. The van der Waals surface area contributed by atoms with Crippen molar-refractivity contribution in [3.05, 3.63) is 30.1 Å². The lowest BCUT2D eigenvalue weighted by molar-refractivity contribution is -0.140. The van der Waals surface area contributed by atoms with Crippen molar-refractivity contribution in [2.45, 2.75) is 52.7 Å². The molecule has 8 nitrogen and oxygen atoms in total. The lowest BCUT2D eigenvalue weighted by atomic mass is 10.00. The van der Waals surface area contributed by atoms with Gasteiger partial charge >= 0.3 is 12.1 Å². The normalized spacial score (nSPS) is 12.8. The highest BCUT2D eigenvalue weighted by Crippen LogP contribution is 2.11. The van der Waals surface area contributed by atoms with Gasteiger partial charge in [-0.05, 0) is 38.8 Å². The van der Waals surface area contributed by atoms with Crippen LogP contribution in [0.5, 0.6) is 0 Å². The highest BCUT2D eigenvalue weighted by Gasteiger charge is 2.27.